The van der Waals surface area contributed by atoms with E-state index < -0.39 is 5.54 Å². The fourth-order valence-corrected chi connectivity index (χ4v) is 2.96. The Kier molecular flexibility index (Phi) is 4.23. The minimum absolute atomic E-state index is 0.243. The third-order valence-corrected chi connectivity index (χ3v) is 4.50. The molecule has 7 heteroatoms. The molecule has 1 saturated heterocycles. The first-order valence-electron chi connectivity index (χ1n) is 6.02. The van der Waals surface area contributed by atoms with E-state index in [0.29, 0.717) is 18.8 Å². The molecule has 1 aromatic rings. The monoisotopic (exact) mass is 301 g/mol. The van der Waals surface area contributed by atoms with E-state index in [1.54, 1.807) is 11.3 Å². The largest absolute Gasteiger partial charge is 0.294 e. The lowest BCUT2D eigenvalue weighted by Crippen LogP contribution is -2.64. The molecule has 0 aliphatic carbocycles. The average molecular weight is 302 g/mol. The molecule has 0 unspecified atom stereocenters. The van der Waals surface area contributed by atoms with Crippen LogP contribution in [0.1, 0.15) is 24.5 Å². The third-order valence-electron chi connectivity index (χ3n) is 3.27. The molecule has 0 spiro atoms. The third kappa shape index (κ3) is 3.13. The first-order valence-corrected chi connectivity index (χ1v) is 7.43. The van der Waals surface area contributed by atoms with E-state index in [0.717, 1.165) is 10.7 Å². The highest BCUT2D eigenvalue weighted by molar-refractivity contribution is 7.09. The van der Waals surface area contributed by atoms with E-state index >= 15 is 0 Å². The quantitative estimate of drug-likeness (QED) is 0.670. The first kappa shape index (κ1) is 14.4. The van der Waals surface area contributed by atoms with E-state index in [-0.39, 0.29) is 18.4 Å². The SMILES string of the molecule is CC1(C)C(=O)NC(=O)CN1CCc1nc(CCl)cs1. The Morgan fingerprint density at radius 2 is 2.26 bits per heavy atom. The molecule has 1 aliphatic heterocycles. The molecule has 2 rings (SSSR count). The Morgan fingerprint density at radius 3 is 2.89 bits per heavy atom. The minimum Gasteiger partial charge on any atom is -0.294 e. The number of rotatable bonds is 4. The second-order valence-corrected chi connectivity index (χ2v) is 6.18. The zero-order valence-corrected chi connectivity index (χ0v) is 12.5. The van der Waals surface area contributed by atoms with Crippen LogP contribution in [0, 0.1) is 0 Å². The molecule has 0 saturated carbocycles. The van der Waals surface area contributed by atoms with Crippen molar-refractivity contribution < 1.29 is 9.59 Å². The van der Waals surface area contributed by atoms with E-state index in [4.69, 9.17) is 11.6 Å². The number of hydrogen-bond acceptors (Lipinski definition) is 5. The number of hydrogen-bond donors (Lipinski definition) is 1. The predicted molar refractivity (Wildman–Crippen MR) is 74.2 cm³/mol. The van der Waals surface area contributed by atoms with Gasteiger partial charge in [-0.25, -0.2) is 4.98 Å². The van der Waals surface area contributed by atoms with Gasteiger partial charge < -0.3 is 0 Å². The van der Waals surface area contributed by atoms with Gasteiger partial charge in [-0.1, -0.05) is 0 Å². The maximum atomic E-state index is 11.8. The van der Waals surface area contributed by atoms with Crippen molar-refractivity contribution in [1.29, 1.82) is 0 Å². The topological polar surface area (TPSA) is 62.3 Å². The maximum Gasteiger partial charge on any atom is 0.246 e. The predicted octanol–water partition coefficient (Wildman–Crippen LogP) is 1.16. The number of halogens is 1. The van der Waals surface area contributed by atoms with Crippen LogP contribution in [0.4, 0.5) is 0 Å². The van der Waals surface area contributed by atoms with E-state index in [1.807, 2.05) is 24.1 Å². The summed E-state index contributed by atoms with van der Waals surface area (Å²) < 4.78 is 0. The van der Waals surface area contributed by atoms with Gasteiger partial charge >= 0.3 is 0 Å². The van der Waals surface area contributed by atoms with Gasteiger partial charge in [-0.3, -0.25) is 19.8 Å². The lowest BCUT2D eigenvalue weighted by Gasteiger charge is -2.39. The first-order chi connectivity index (χ1) is 8.93. The summed E-state index contributed by atoms with van der Waals surface area (Å²) in [4.78, 5) is 29.5. The fraction of sp³-hybridized carbons (Fsp3) is 0.583. The van der Waals surface area contributed by atoms with Crippen molar-refractivity contribution >= 4 is 34.8 Å². The Bertz CT molecular complexity index is 501. The van der Waals surface area contributed by atoms with Gasteiger partial charge in [0.1, 0.15) is 0 Å². The lowest BCUT2D eigenvalue weighted by molar-refractivity contribution is -0.145. The Morgan fingerprint density at radius 1 is 1.53 bits per heavy atom. The van der Waals surface area contributed by atoms with Crippen molar-refractivity contribution in [2.24, 2.45) is 0 Å². The van der Waals surface area contributed by atoms with Crippen molar-refractivity contribution in [3.63, 3.8) is 0 Å². The van der Waals surface area contributed by atoms with Crippen molar-refractivity contribution in [1.82, 2.24) is 15.2 Å². The van der Waals surface area contributed by atoms with Gasteiger partial charge in [-0.15, -0.1) is 22.9 Å². The molecule has 0 bridgehead atoms. The molecule has 1 fully saturated rings. The molecule has 0 radical (unpaired) electrons. The number of imide groups is 1. The highest BCUT2D eigenvalue weighted by Crippen LogP contribution is 2.19. The van der Waals surface area contributed by atoms with Gasteiger partial charge in [0.15, 0.2) is 0 Å². The molecule has 0 atom stereocenters. The number of piperazine rings is 1. The molecular formula is C12H16ClN3O2S. The van der Waals surface area contributed by atoms with Crippen molar-refractivity contribution in [2.45, 2.75) is 31.7 Å². The number of nitrogens with one attached hydrogen (secondary N) is 1. The van der Waals surface area contributed by atoms with Crippen molar-refractivity contribution in [2.75, 3.05) is 13.1 Å². The van der Waals surface area contributed by atoms with Gasteiger partial charge in [0.2, 0.25) is 11.8 Å². The number of aromatic nitrogens is 1. The smallest absolute Gasteiger partial charge is 0.246 e. The average Bonchev–Trinajstić information content (AvgIpc) is 2.80. The van der Waals surface area contributed by atoms with Gasteiger partial charge in [0.05, 0.1) is 28.7 Å². The zero-order valence-electron chi connectivity index (χ0n) is 10.9. The van der Waals surface area contributed by atoms with Crippen LogP contribution in [0.5, 0.6) is 0 Å². The van der Waals surface area contributed by atoms with Crippen LogP contribution in [-0.2, 0) is 21.9 Å². The Labute approximate surface area is 121 Å². The number of alkyl halides is 1. The number of carbonyl (C=O) groups is 2. The summed E-state index contributed by atoms with van der Waals surface area (Å²) in [6, 6.07) is 0. The number of nitrogens with zero attached hydrogens (tertiary/aromatic N) is 2. The standard InChI is InChI=1S/C12H16ClN3O2S/c1-12(2)11(18)15-9(17)6-16(12)4-3-10-14-8(5-13)7-19-10/h7H,3-6H2,1-2H3,(H,15,17,18). The summed E-state index contributed by atoms with van der Waals surface area (Å²) in [7, 11) is 0. The Hall–Kier alpha value is -0.980. The van der Waals surface area contributed by atoms with Gasteiger partial charge in [0.25, 0.3) is 0 Å². The fourth-order valence-electron chi connectivity index (χ4n) is 1.95. The van der Waals surface area contributed by atoms with E-state index in [2.05, 4.69) is 10.3 Å². The van der Waals surface area contributed by atoms with Crippen LogP contribution in [0.3, 0.4) is 0 Å². The van der Waals surface area contributed by atoms with Crippen LogP contribution in [0.2, 0.25) is 0 Å². The zero-order chi connectivity index (χ0) is 14.0. The molecule has 5 nitrogen and oxygen atoms in total. The summed E-state index contributed by atoms with van der Waals surface area (Å²) in [6.45, 7) is 4.51. The number of carbonyl (C=O) groups excluding carboxylic acids is 2. The molecule has 1 N–H and O–H groups in total. The highest BCUT2D eigenvalue weighted by Gasteiger charge is 2.40. The normalized spacial score (nSPS) is 19.5. The molecule has 0 aromatic carbocycles. The minimum atomic E-state index is -0.666. The van der Waals surface area contributed by atoms with Gasteiger partial charge in [-0.05, 0) is 13.8 Å². The summed E-state index contributed by atoms with van der Waals surface area (Å²) >= 11 is 7.27. The number of thiazole rings is 1. The lowest BCUT2D eigenvalue weighted by atomic mass is 9.98. The van der Waals surface area contributed by atoms with Crippen LogP contribution in [0.25, 0.3) is 0 Å². The summed E-state index contributed by atoms with van der Waals surface area (Å²) in [5, 5.41) is 5.27. The second-order valence-electron chi connectivity index (χ2n) is 4.97. The van der Waals surface area contributed by atoms with Gasteiger partial charge in [-0.2, -0.15) is 0 Å². The second kappa shape index (κ2) is 5.56. The summed E-state index contributed by atoms with van der Waals surface area (Å²) in [5.74, 6) is -0.0821. The molecular weight excluding hydrogens is 286 g/mol. The van der Waals surface area contributed by atoms with E-state index in [1.165, 1.54) is 0 Å². The molecule has 104 valence electrons. The highest BCUT2D eigenvalue weighted by atomic mass is 35.5. The molecule has 19 heavy (non-hydrogen) atoms. The summed E-state index contributed by atoms with van der Waals surface area (Å²) in [6.07, 6.45) is 0.714. The molecule has 1 aromatic heterocycles. The molecule has 2 heterocycles. The van der Waals surface area contributed by atoms with E-state index in [9.17, 15) is 9.59 Å². The van der Waals surface area contributed by atoms with Crippen LogP contribution < -0.4 is 5.32 Å². The van der Waals surface area contributed by atoms with Crippen molar-refractivity contribution in [3.05, 3.63) is 16.1 Å². The number of amides is 2. The summed E-state index contributed by atoms with van der Waals surface area (Å²) in [5.41, 5.74) is 0.203. The Balaban J connectivity index is 2.01. The maximum absolute atomic E-state index is 11.8. The molecule has 1 aliphatic rings. The van der Waals surface area contributed by atoms with Gasteiger partial charge in [0, 0.05) is 18.3 Å². The van der Waals surface area contributed by atoms with Crippen molar-refractivity contribution in [3.8, 4) is 0 Å². The van der Waals surface area contributed by atoms with Crippen LogP contribution in [-0.4, -0.2) is 40.3 Å². The van der Waals surface area contributed by atoms with Crippen LogP contribution in [0.15, 0.2) is 5.38 Å². The van der Waals surface area contributed by atoms with Crippen LogP contribution >= 0.6 is 22.9 Å². The molecule has 2 amide bonds.